The molecule has 0 aromatic heterocycles. The van der Waals surface area contributed by atoms with Crippen molar-refractivity contribution < 1.29 is 4.79 Å². The normalized spacial score (nSPS) is 17.9. The molecule has 1 heterocycles. The van der Waals surface area contributed by atoms with Gasteiger partial charge in [-0.25, -0.2) is 0 Å². The molecule has 1 amide bonds. The van der Waals surface area contributed by atoms with Gasteiger partial charge in [0.2, 0.25) is 5.91 Å². The third kappa shape index (κ3) is 1.90. The fourth-order valence-electron chi connectivity index (χ4n) is 0.983. The van der Waals surface area contributed by atoms with Crippen LogP contribution in [0, 0.1) is 0 Å². The minimum Gasteiger partial charge on any atom is -0.333 e. The first kappa shape index (κ1) is 7.92. The van der Waals surface area contributed by atoms with Crippen LogP contribution < -0.4 is 0 Å². The Morgan fingerprint density at radius 2 is 2.50 bits per heavy atom. The summed E-state index contributed by atoms with van der Waals surface area (Å²) in [5, 5.41) is 0. The Bertz CT molecular complexity index is 121. The zero-order valence-corrected chi connectivity index (χ0v) is 7.12. The van der Waals surface area contributed by atoms with E-state index in [0.29, 0.717) is 5.91 Å². The fourth-order valence-corrected chi connectivity index (χ4v) is 1.95. The number of nitrogens with zero attached hydrogens (tertiary/aromatic N) is 1. The molecular formula is C7H13NOS. The number of rotatable bonds is 2. The Kier molecular flexibility index (Phi) is 3.06. The average Bonchev–Trinajstić information content (AvgIpc) is 2.38. The number of amides is 1. The molecule has 0 saturated carbocycles. The van der Waals surface area contributed by atoms with Crippen LogP contribution in [0.1, 0.15) is 19.8 Å². The summed E-state index contributed by atoms with van der Waals surface area (Å²) in [7, 11) is 0. The summed E-state index contributed by atoms with van der Waals surface area (Å²) in [4.78, 5) is 13.1. The van der Waals surface area contributed by atoms with Gasteiger partial charge in [0.1, 0.15) is 0 Å². The van der Waals surface area contributed by atoms with Crippen molar-refractivity contribution in [1.82, 2.24) is 4.90 Å². The molecule has 2 nitrogen and oxygen atoms in total. The van der Waals surface area contributed by atoms with Gasteiger partial charge in [-0.05, 0) is 6.42 Å². The van der Waals surface area contributed by atoms with E-state index in [4.69, 9.17) is 0 Å². The monoisotopic (exact) mass is 159 g/mol. The molecule has 0 unspecified atom stereocenters. The lowest BCUT2D eigenvalue weighted by Gasteiger charge is -2.12. The topological polar surface area (TPSA) is 20.3 Å². The maximum absolute atomic E-state index is 11.2. The minimum absolute atomic E-state index is 0.326. The molecule has 10 heavy (non-hydrogen) atoms. The first-order chi connectivity index (χ1) is 4.84. The first-order valence-electron chi connectivity index (χ1n) is 3.70. The Balaban J connectivity index is 2.25. The van der Waals surface area contributed by atoms with E-state index in [1.54, 1.807) is 0 Å². The molecule has 0 atom stereocenters. The largest absolute Gasteiger partial charge is 0.333 e. The van der Waals surface area contributed by atoms with Crippen LogP contribution in [0.5, 0.6) is 0 Å². The molecule has 58 valence electrons. The molecule has 1 aliphatic heterocycles. The number of thioether (sulfide) groups is 1. The summed E-state index contributed by atoms with van der Waals surface area (Å²) in [5.41, 5.74) is 0. The van der Waals surface area contributed by atoms with E-state index in [0.717, 1.165) is 31.0 Å². The summed E-state index contributed by atoms with van der Waals surface area (Å²) >= 11 is 1.84. The second-order valence-corrected chi connectivity index (χ2v) is 3.52. The Labute approximate surface area is 66.0 Å². The van der Waals surface area contributed by atoms with Crippen LogP contribution in [-0.2, 0) is 4.79 Å². The molecule has 1 rings (SSSR count). The van der Waals surface area contributed by atoms with E-state index in [-0.39, 0.29) is 0 Å². The van der Waals surface area contributed by atoms with Gasteiger partial charge in [-0.2, -0.15) is 0 Å². The highest BCUT2D eigenvalue weighted by Gasteiger charge is 2.16. The van der Waals surface area contributed by atoms with E-state index in [9.17, 15) is 4.79 Å². The maximum atomic E-state index is 11.2. The quantitative estimate of drug-likeness (QED) is 0.605. The second-order valence-electron chi connectivity index (χ2n) is 2.44. The molecule has 3 heteroatoms. The molecule has 0 radical (unpaired) electrons. The molecule has 0 aromatic carbocycles. The van der Waals surface area contributed by atoms with Gasteiger partial charge in [0.15, 0.2) is 0 Å². The highest BCUT2D eigenvalue weighted by molar-refractivity contribution is 7.99. The molecular weight excluding hydrogens is 146 g/mol. The summed E-state index contributed by atoms with van der Waals surface area (Å²) in [6.07, 6.45) is 1.69. The summed E-state index contributed by atoms with van der Waals surface area (Å²) in [6.45, 7) is 3.00. The van der Waals surface area contributed by atoms with Crippen LogP contribution in [0.2, 0.25) is 0 Å². The summed E-state index contributed by atoms with van der Waals surface area (Å²) in [6, 6.07) is 0. The van der Waals surface area contributed by atoms with Gasteiger partial charge in [0.25, 0.3) is 0 Å². The van der Waals surface area contributed by atoms with Gasteiger partial charge in [0.05, 0.1) is 5.88 Å². The fraction of sp³-hybridized carbons (Fsp3) is 0.857. The van der Waals surface area contributed by atoms with Gasteiger partial charge >= 0.3 is 0 Å². The summed E-state index contributed by atoms with van der Waals surface area (Å²) < 4.78 is 0. The van der Waals surface area contributed by atoms with E-state index < -0.39 is 0 Å². The van der Waals surface area contributed by atoms with Crippen molar-refractivity contribution in [2.75, 3.05) is 18.2 Å². The lowest BCUT2D eigenvalue weighted by molar-refractivity contribution is -0.129. The maximum Gasteiger partial charge on any atom is 0.223 e. The summed E-state index contributed by atoms with van der Waals surface area (Å²) in [5.74, 6) is 2.36. The number of carbonyl (C=O) groups is 1. The number of carbonyl (C=O) groups excluding carboxylic acids is 1. The second kappa shape index (κ2) is 3.86. The third-order valence-electron chi connectivity index (χ3n) is 1.57. The highest BCUT2D eigenvalue weighted by atomic mass is 32.2. The molecule has 0 spiro atoms. The van der Waals surface area contributed by atoms with Crippen LogP contribution in [0.25, 0.3) is 0 Å². The zero-order chi connectivity index (χ0) is 7.40. The van der Waals surface area contributed by atoms with Gasteiger partial charge in [-0.15, -0.1) is 11.8 Å². The number of hydrogen-bond acceptors (Lipinski definition) is 2. The molecule has 0 N–H and O–H groups in total. The van der Waals surface area contributed by atoms with Crippen molar-refractivity contribution in [3.63, 3.8) is 0 Å². The van der Waals surface area contributed by atoms with Gasteiger partial charge in [-0.3, -0.25) is 4.79 Å². The van der Waals surface area contributed by atoms with E-state index in [1.165, 1.54) is 0 Å². The first-order valence-corrected chi connectivity index (χ1v) is 4.85. The third-order valence-corrected chi connectivity index (χ3v) is 2.53. The predicted octanol–water partition coefficient (Wildman–Crippen LogP) is 1.32. The van der Waals surface area contributed by atoms with Crippen molar-refractivity contribution in [3.8, 4) is 0 Å². The van der Waals surface area contributed by atoms with E-state index >= 15 is 0 Å². The van der Waals surface area contributed by atoms with Crippen LogP contribution in [0.15, 0.2) is 0 Å². The van der Waals surface area contributed by atoms with Crippen molar-refractivity contribution in [3.05, 3.63) is 0 Å². The van der Waals surface area contributed by atoms with Crippen molar-refractivity contribution >= 4 is 17.7 Å². The standard InChI is InChI=1S/C7H13NOS/c1-2-3-7(9)8-4-5-10-6-8/h2-6H2,1H3. The van der Waals surface area contributed by atoms with Crippen LogP contribution in [-0.4, -0.2) is 29.0 Å². The average molecular weight is 159 g/mol. The smallest absolute Gasteiger partial charge is 0.223 e. The van der Waals surface area contributed by atoms with Crippen molar-refractivity contribution in [2.45, 2.75) is 19.8 Å². The zero-order valence-electron chi connectivity index (χ0n) is 6.30. The van der Waals surface area contributed by atoms with Gasteiger partial charge in [-0.1, -0.05) is 6.92 Å². The lowest BCUT2D eigenvalue weighted by atomic mass is 10.3. The van der Waals surface area contributed by atoms with E-state index in [1.807, 2.05) is 23.6 Å². The molecule has 0 bridgehead atoms. The Morgan fingerprint density at radius 1 is 1.70 bits per heavy atom. The lowest BCUT2D eigenvalue weighted by Crippen LogP contribution is -2.27. The van der Waals surface area contributed by atoms with Gasteiger partial charge < -0.3 is 4.90 Å². The minimum atomic E-state index is 0.326. The van der Waals surface area contributed by atoms with Crippen LogP contribution in [0.4, 0.5) is 0 Å². The molecule has 1 fully saturated rings. The van der Waals surface area contributed by atoms with Crippen molar-refractivity contribution in [1.29, 1.82) is 0 Å². The predicted molar refractivity (Wildman–Crippen MR) is 43.9 cm³/mol. The Hall–Kier alpha value is -0.180. The van der Waals surface area contributed by atoms with E-state index in [2.05, 4.69) is 0 Å². The molecule has 1 saturated heterocycles. The van der Waals surface area contributed by atoms with Crippen LogP contribution >= 0.6 is 11.8 Å². The number of hydrogen-bond donors (Lipinski definition) is 0. The SMILES string of the molecule is CCCC(=O)N1CCSC1. The highest BCUT2D eigenvalue weighted by Crippen LogP contribution is 2.14. The molecule has 0 aliphatic carbocycles. The molecule has 1 aliphatic rings. The van der Waals surface area contributed by atoms with Crippen LogP contribution in [0.3, 0.4) is 0 Å². The molecule has 0 aromatic rings. The van der Waals surface area contributed by atoms with Crippen molar-refractivity contribution in [2.24, 2.45) is 0 Å². The Morgan fingerprint density at radius 3 is 3.00 bits per heavy atom. The van der Waals surface area contributed by atoms with Gasteiger partial charge in [0, 0.05) is 18.7 Å².